The van der Waals surface area contributed by atoms with Crippen molar-refractivity contribution in [1.82, 2.24) is 9.97 Å². The van der Waals surface area contributed by atoms with Gasteiger partial charge in [-0.1, -0.05) is 23.7 Å². The number of aliphatic hydroxyl groups is 1. The van der Waals surface area contributed by atoms with Gasteiger partial charge in [0.15, 0.2) is 23.1 Å². The van der Waals surface area contributed by atoms with Gasteiger partial charge in [0.1, 0.15) is 11.4 Å². The van der Waals surface area contributed by atoms with Gasteiger partial charge in [0, 0.05) is 23.9 Å². The molecule has 8 nitrogen and oxygen atoms in total. The molecule has 2 atom stereocenters. The summed E-state index contributed by atoms with van der Waals surface area (Å²) in [5.41, 5.74) is 1.25. The number of carbonyl (C=O) groups excluding carboxylic acids is 1. The number of nitrogens with one attached hydrogen (secondary N) is 2. The van der Waals surface area contributed by atoms with Crippen LogP contribution in [0, 0.1) is 5.82 Å². The Labute approximate surface area is 210 Å². The molecule has 1 saturated heterocycles. The number of nitrogens with zero attached hydrogens (tertiary/aromatic N) is 1. The van der Waals surface area contributed by atoms with E-state index in [9.17, 15) is 19.4 Å². The van der Waals surface area contributed by atoms with Crippen molar-refractivity contribution in [3.8, 4) is 17.2 Å². The second-order valence-corrected chi connectivity index (χ2v) is 8.91. The second-order valence-electron chi connectivity index (χ2n) is 8.50. The Morgan fingerprint density at radius 1 is 1.25 bits per heavy atom. The molecule has 0 radical (unpaired) electrons. The molecule has 2 aromatic heterocycles. The van der Waals surface area contributed by atoms with Crippen molar-refractivity contribution < 1.29 is 28.9 Å². The highest BCUT2D eigenvalue weighted by atomic mass is 35.5. The molecule has 0 spiro atoms. The fourth-order valence-electron chi connectivity index (χ4n) is 4.22. The topological polar surface area (TPSA) is 117 Å². The van der Waals surface area contributed by atoms with Crippen molar-refractivity contribution in [1.29, 1.82) is 0 Å². The van der Waals surface area contributed by atoms with Gasteiger partial charge in [-0.3, -0.25) is 4.79 Å². The monoisotopic (exact) mass is 511 g/mol. The highest BCUT2D eigenvalue weighted by molar-refractivity contribution is 6.36. The van der Waals surface area contributed by atoms with E-state index in [4.69, 9.17) is 21.1 Å². The van der Waals surface area contributed by atoms with Gasteiger partial charge in [-0.15, -0.1) is 0 Å². The molecular formula is C26H23ClFN3O5. The lowest BCUT2D eigenvalue weighted by molar-refractivity contribution is -0.0223. The van der Waals surface area contributed by atoms with Crippen molar-refractivity contribution in [2.75, 3.05) is 18.5 Å². The average Bonchev–Trinajstić information content (AvgIpc) is 3.32. The zero-order valence-electron chi connectivity index (χ0n) is 19.0. The van der Waals surface area contributed by atoms with Crippen LogP contribution in [-0.4, -0.2) is 51.3 Å². The molecular weight excluding hydrogens is 489 g/mol. The first-order chi connectivity index (χ1) is 17.4. The number of fused-ring (bicyclic) bond motifs is 1. The minimum absolute atomic E-state index is 0.0403. The van der Waals surface area contributed by atoms with Gasteiger partial charge < -0.3 is 30.0 Å². The Kier molecular flexibility index (Phi) is 6.77. The Morgan fingerprint density at radius 2 is 2.08 bits per heavy atom. The van der Waals surface area contributed by atoms with Crippen LogP contribution in [0.15, 0.2) is 54.9 Å². The van der Waals surface area contributed by atoms with Crippen LogP contribution in [-0.2, 0) is 4.74 Å². The average molecular weight is 512 g/mol. The number of aromatic nitrogens is 2. The number of hydrogen-bond donors (Lipinski definition) is 4. The summed E-state index contributed by atoms with van der Waals surface area (Å²) in [6.07, 6.45) is 4.00. The van der Waals surface area contributed by atoms with E-state index in [0.29, 0.717) is 29.7 Å². The molecule has 1 aliphatic rings. The second kappa shape index (κ2) is 10.1. The summed E-state index contributed by atoms with van der Waals surface area (Å²) in [6, 6.07) is 10.3. The zero-order valence-corrected chi connectivity index (χ0v) is 19.8. The normalized spacial score (nSPS) is 17.8. The molecule has 10 heteroatoms. The first-order valence-corrected chi connectivity index (χ1v) is 11.8. The van der Waals surface area contributed by atoms with Crippen molar-refractivity contribution >= 4 is 34.1 Å². The zero-order chi connectivity index (χ0) is 25.2. The molecule has 0 amide bonds. The van der Waals surface area contributed by atoms with Gasteiger partial charge >= 0.3 is 0 Å². The number of ether oxygens (including phenoxy) is 2. The van der Waals surface area contributed by atoms with E-state index in [2.05, 4.69) is 15.3 Å². The van der Waals surface area contributed by atoms with E-state index in [1.807, 2.05) is 0 Å². The number of anilines is 1. The van der Waals surface area contributed by atoms with Crippen LogP contribution in [0.3, 0.4) is 0 Å². The molecule has 36 heavy (non-hydrogen) atoms. The third-order valence-corrected chi connectivity index (χ3v) is 6.41. The number of aliphatic hydroxyl groups excluding tert-OH is 1. The molecule has 4 aromatic rings. The molecule has 1 aliphatic heterocycles. The SMILES string of the molecule is O=C(c1ccc(Oc2ccccc2F)cc1Cl)c1c[nH]c2ncc(O)c(N[C@@H]3CC[C@@H](CO)OC3)c12. The lowest BCUT2D eigenvalue weighted by Gasteiger charge is -2.29. The predicted octanol–water partition coefficient (Wildman–Crippen LogP) is 5.04. The number of benzene rings is 2. The number of aromatic amines is 1. The van der Waals surface area contributed by atoms with Crippen molar-refractivity contribution in [2.45, 2.75) is 25.0 Å². The van der Waals surface area contributed by atoms with Crippen LogP contribution in [0.1, 0.15) is 28.8 Å². The highest BCUT2D eigenvalue weighted by Gasteiger charge is 2.26. The number of rotatable bonds is 7. The molecule has 3 heterocycles. The number of hydrogen-bond acceptors (Lipinski definition) is 7. The van der Waals surface area contributed by atoms with E-state index in [0.717, 1.165) is 6.42 Å². The maximum Gasteiger partial charge on any atom is 0.196 e. The summed E-state index contributed by atoms with van der Waals surface area (Å²) in [4.78, 5) is 20.7. The standard InChI is InChI=1S/C26H23ClFN3O5/c27-19-9-15(36-22-4-2-1-3-20(22)28)7-8-17(19)25(34)18-10-29-26-23(18)24(21(33)11-30-26)31-14-5-6-16(12-32)35-13-14/h1-4,7-11,14,16,32-33H,5-6,12-13H2,(H2,29,30,31)/t14-,16+/m1/s1. The molecule has 186 valence electrons. The first-order valence-electron chi connectivity index (χ1n) is 11.4. The lowest BCUT2D eigenvalue weighted by atomic mass is 10.0. The smallest absolute Gasteiger partial charge is 0.196 e. The van der Waals surface area contributed by atoms with Gasteiger partial charge in [0.05, 0.1) is 47.2 Å². The first kappa shape index (κ1) is 24.1. The quantitative estimate of drug-likeness (QED) is 0.257. The summed E-state index contributed by atoms with van der Waals surface area (Å²) in [5, 5.41) is 23.7. The van der Waals surface area contributed by atoms with Gasteiger partial charge in [-0.25, -0.2) is 9.37 Å². The van der Waals surface area contributed by atoms with E-state index in [-0.39, 0.29) is 57.9 Å². The van der Waals surface area contributed by atoms with Crippen molar-refractivity contribution in [2.24, 2.45) is 0 Å². The summed E-state index contributed by atoms with van der Waals surface area (Å²) in [7, 11) is 0. The fourth-order valence-corrected chi connectivity index (χ4v) is 4.48. The largest absolute Gasteiger partial charge is 0.504 e. The Balaban J connectivity index is 1.44. The third-order valence-electron chi connectivity index (χ3n) is 6.10. The van der Waals surface area contributed by atoms with Crippen LogP contribution < -0.4 is 10.1 Å². The van der Waals surface area contributed by atoms with E-state index >= 15 is 0 Å². The summed E-state index contributed by atoms with van der Waals surface area (Å²) >= 11 is 6.43. The van der Waals surface area contributed by atoms with Gasteiger partial charge in [0.25, 0.3) is 0 Å². The molecule has 0 saturated carbocycles. The number of carbonyl (C=O) groups is 1. The Morgan fingerprint density at radius 3 is 2.81 bits per heavy atom. The number of ketones is 1. The Hall–Kier alpha value is -3.66. The van der Waals surface area contributed by atoms with Crippen molar-refractivity contribution in [3.05, 3.63) is 76.8 Å². The van der Waals surface area contributed by atoms with Crippen LogP contribution in [0.4, 0.5) is 10.1 Å². The number of aromatic hydroxyl groups is 1. The minimum atomic E-state index is -0.518. The third kappa shape index (κ3) is 4.73. The predicted molar refractivity (Wildman–Crippen MR) is 133 cm³/mol. The van der Waals surface area contributed by atoms with Gasteiger partial charge in [-0.2, -0.15) is 0 Å². The summed E-state index contributed by atoms with van der Waals surface area (Å²) in [6.45, 7) is 0.302. The molecule has 2 aromatic carbocycles. The highest BCUT2D eigenvalue weighted by Crippen LogP contribution is 2.37. The van der Waals surface area contributed by atoms with Crippen LogP contribution in [0.5, 0.6) is 17.2 Å². The number of halogens is 2. The Bertz CT molecular complexity index is 1420. The molecule has 0 unspecified atom stereocenters. The van der Waals surface area contributed by atoms with Crippen molar-refractivity contribution in [3.63, 3.8) is 0 Å². The van der Waals surface area contributed by atoms with Crippen LogP contribution in [0.25, 0.3) is 11.0 Å². The number of para-hydroxylation sites is 1. The maximum absolute atomic E-state index is 13.9. The number of pyridine rings is 1. The number of H-pyrrole nitrogens is 1. The van der Waals surface area contributed by atoms with Gasteiger partial charge in [-0.05, 0) is 37.1 Å². The molecule has 5 rings (SSSR count). The fraction of sp³-hybridized carbons (Fsp3) is 0.231. The molecule has 1 fully saturated rings. The lowest BCUT2D eigenvalue weighted by Crippen LogP contribution is -2.36. The van der Waals surface area contributed by atoms with Gasteiger partial charge in [0.2, 0.25) is 0 Å². The molecule has 4 N–H and O–H groups in total. The summed E-state index contributed by atoms with van der Waals surface area (Å²) in [5.74, 6) is -0.700. The van der Waals surface area contributed by atoms with E-state index in [1.165, 1.54) is 42.7 Å². The molecule has 0 bridgehead atoms. The maximum atomic E-state index is 13.9. The van der Waals surface area contributed by atoms with Crippen LogP contribution >= 0.6 is 11.6 Å². The van der Waals surface area contributed by atoms with E-state index in [1.54, 1.807) is 12.1 Å². The molecule has 0 aliphatic carbocycles. The van der Waals surface area contributed by atoms with Crippen LogP contribution in [0.2, 0.25) is 5.02 Å². The van der Waals surface area contributed by atoms with E-state index < -0.39 is 5.82 Å². The summed E-state index contributed by atoms with van der Waals surface area (Å²) < 4.78 is 25.1. The minimum Gasteiger partial charge on any atom is -0.504 e.